The van der Waals surface area contributed by atoms with Crippen LogP contribution in [-0.2, 0) is 18.0 Å². The molecule has 22 heavy (non-hydrogen) atoms. The van der Waals surface area contributed by atoms with Gasteiger partial charge in [-0.1, -0.05) is 20.8 Å². The molecule has 1 saturated heterocycles. The lowest BCUT2D eigenvalue weighted by molar-refractivity contribution is 0.222. The van der Waals surface area contributed by atoms with Crippen LogP contribution in [0.25, 0.3) is 0 Å². The van der Waals surface area contributed by atoms with E-state index in [0.717, 1.165) is 12.4 Å². The number of thioether (sulfide) groups is 2. The summed E-state index contributed by atoms with van der Waals surface area (Å²) in [7, 11) is -4.74. The van der Waals surface area contributed by atoms with Crippen LogP contribution >= 0.6 is 31.1 Å². The number of rotatable bonds is 8. The zero-order chi connectivity index (χ0) is 17.0. The summed E-state index contributed by atoms with van der Waals surface area (Å²) in [5, 5.41) is 0.577. The van der Waals surface area contributed by atoms with Gasteiger partial charge in [-0.2, -0.15) is 0 Å². The number of hydrogen-bond donors (Lipinski definition) is 0. The van der Waals surface area contributed by atoms with Gasteiger partial charge in [0, 0.05) is 17.6 Å². The Morgan fingerprint density at radius 2 is 1.73 bits per heavy atom. The molecule has 1 aliphatic rings. The molecule has 132 valence electrons. The zero-order valence-electron chi connectivity index (χ0n) is 14.9. The standard InChI is InChI=1S/C14H31O4PS2Si/c1-8-16-19(15,17-9-2)13-20-11-12(21-13)10-18-22(6,7)14(3,4)5/h12-13H,8-11H2,1-7H3/t12-,13-/m0/s1. The molecular formula is C14H31O4PS2Si. The summed E-state index contributed by atoms with van der Waals surface area (Å²) in [5.74, 6) is 0.939. The van der Waals surface area contributed by atoms with Crippen molar-refractivity contribution < 1.29 is 18.0 Å². The molecule has 0 aromatic heterocycles. The van der Waals surface area contributed by atoms with Gasteiger partial charge < -0.3 is 13.5 Å². The van der Waals surface area contributed by atoms with Crippen molar-refractivity contribution in [1.82, 2.24) is 0 Å². The fraction of sp³-hybridized carbons (Fsp3) is 1.00. The second-order valence-corrected chi connectivity index (χ2v) is 17.3. The Morgan fingerprint density at radius 3 is 2.18 bits per heavy atom. The molecule has 8 heteroatoms. The van der Waals surface area contributed by atoms with E-state index in [4.69, 9.17) is 13.5 Å². The minimum atomic E-state index is -3.02. The first-order chi connectivity index (χ1) is 10.1. The third kappa shape index (κ3) is 5.54. The van der Waals surface area contributed by atoms with Crippen LogP contribution in [0.2, 0.25) is 18.1 Å². The molecule has 4 nitrogen and oxygen atoms in total. The van der Waals surface area contributed by atoms with Gasteiger partial charge in [-0.15, -0.1) is 23.5 Å². The largest absolute Gasteiger partial charge is 0.416 e. The van der Waals surface area contributed by atoms with Crippen molar-refractivity contribution in [2.75, 3.05) is 25.6 Å². The highest BCUT2D eigenvalue weighted by Crippen LogP contribution is 2.64. The Bertz CT molecular complexity index is 391. The zero-order valence-corrected chi connectivity index (χ0v) is 18.4. The van der Waals surface area contributed by atoms with Gasteiger partial charge in [0.2, 0.25) is 0 Å². The molecule has 0 unspecified atom stereocenters. The summed E-state index contributed by atoms with van der Waals surface area (Å²) in [5.41, 5.74) is 0. The number of hydrogen-bond acceptors (Lipinski definition) is 6. The smallest absolute Gasteiger partial charge is 0.353 e. The third-order valence-corrected chi connectivity index (χ3v) is 15.4. The molecule has 1 rings (SSSR count). The topological polar surface area (TPSA) is 44.8 Å². The summed E-state index contributed by atoms with van der Waals surface area (Å²) >= 11 is 3.38. The van der Waals surface area contributed by atoms with Gasteiger partial charge in [-0.25, -0.2) is 0 Å². The molecule has 1 heterocycles. The first-order valence-electron chi connectivity index (χ1n) is 7.85. The predicted molar refractivity (Wildman–Crippen MR) is 102 cm³/mol. The fourth-order valence-electron chi connectivity index (χ4n) is 1.72. The third-order valence-electron chi connectivity index (χ3n) is 4.05. The summed E-state index contributed by atoms with van der Waals surface area (Å²) in [6.07, 6.45) is 0. The fourth-order valence-corrected chi connectivity index (χ4v) is 9.29. The van der Waals surface area contributed by atoms with Gasteiger partial charge in [-0.3, -0.25) is 4.57 Å². The molecular weight excluding hydrogens is 355 g/mol. The molecule has 0 saturated carbocycles. The van der Waals surface area contributed by atoms with Gasteiger partial charge >= 0.3 is 7.60 Å². The van der Waals surface area contributed by atoms with Gasteiger partial charge in [-0.05, 0) is 32.0 Å². The van der Waals surface area contributed by atoms with E-state index in [-0.39, 0.29) is 9.36 Å². The molecule has 0 aliphatic carbocycles. The van der Waals surface area contributed by atoms with E-state index < -0.39 is 15.9 Å². The second kappa shape index (κ2) is 8.41. The molecule has 0 radical (unpaired) electrons. The highest BCUT2D eigenvalue weighted by Gasteiger charge is 2.44. The first kappa shape index (κ1) is 21.1. The van der Waals surface area contributed by atoms with Crippen molar-refractivity contribution in [2.24, 2.45) is 0 Å². The molecule has 1 fully saturated rings. The Kier molecular flexibility index (Phi) is 8.06. The molecule has 0 spiro atoms. The van der Waals surface area contributed by atoms with Crippen LogP contribution in [0.1, 0.15) is 34.6 Å². The van der Waals surface area contributed by atoms with Crippen molar-refractivity contribution in [2.45, 2.75) is 62.3 Å². The molecule has 0 aromatic rings. The van der Waals surface area contributed by atoms with Crippen LogP contribution in [0.4, 0.5) is 0 Å². The highest BCUT2D eigenvalue weighted by molar-refractivity contribution is 8.26. The van der Waals surface area contributed by atoms with Gasteiger partial charge in [0.25, 0.3) is 0 Å². The lowest BCUT2D eigenvalue weighted by Crippen LogP contribution is -2.42. The van der Waals surface area contributed by atoms with Crippen molar-refractivity contribution in [3.05, 3.63) is 0 Å². The maximum absolute atomic E-state index is 12.8. The Labute approximate surface area is 145 Å². The average Bonchev–Trinajstić information content (AvgIpc) is 2.85. The predicted octanol–water partition coefficient (Wildman–Crippen LogP) is 5.41. The van der Waals surface area contributed by atoms with Crippen LogP contribution in [0.3, 0.4) is 0 Å². The lowest BCUT2D eigenvalue weighted by atomic mass is 10.2. The summed E-state index contributed by atoms with van der Waals surface area (Å²) < 4.78 is 29.9. The molecule has 0 N–H and O–H groups in total. The van der Waals surface area contributed by atoms with E-state index in [1.807, 2.05) is 13.8 Å². The van der Waals surface area contributed by atoms with Gasteiger partial charge in [0.15, 0.2) is 12.6 Å². The van der Waals surface area contributed by atoms with Crippen molar-refractivity contribution in [1.29, 1.82) is 0 Å². The minimum Gasteiger partial charge on any atom is -0.416 e. The molecule has 0 bridgehead atoms. The van der Waals surface area contributed by atoms with Crippen molar-refractivity contribution in [3.8, 4) is 0 Å². The summed E-state index contributed by atoms with van der Waals surface area (Å²) in [4.78, 5) is 0. The van der Waals surface area contributed by atoms with Crippen LogP contribution in [0, 0.1) is 0 Å². The first-order valence-corrected chi connectivity index (χ1v) is 14.4. The summed E-state index contributed by atoms with van der Waals surface area (Å²) in [6.45, 7) is 16.5. The van der Waals surface area contributed by atoms with E-state index in [1.165, 1.54) is 0 Å². The summed E-state index contributed by atoms with van der Waals surface area (Å²) in [6, 6.07) is 0. The van der Waals surface area contributed by atoms with Crippen LogP contribution in [-0.4, -0.2) is 43.5 Å². The molecule has 0 amide bonds. The minimum absolute atomic E-state index is 0.125. The molecule has 1 aliphatic heterocycles. The van der Waals surface area contributed by atoms with Gasteiger partial charge in [0.1, 0.15) is 0 Å². The Morgan fingerprint density at radius 1 is 1.18 bits per heavy atom. The normalized spacial score (nSPS) is 24.0. The quantitative estimate of drug-likeness (QED) is 0.411. The maximum atomic E-state index is 12.8. The van der Waals surface area contributed by atoms with Crippen molar-refractivity contribution >= 4 is 39.4 Å². The monoisotopic (exact) mass is 386 g/mol. The van der Waals surface area contributed by atoms with Crippen molar-refractivity contribution in [3.63, 3.8) is 0 Å². The van der Waals surface area contributed by atoms with E-state index >= 15 is 0 Å². The van der Waals surface area contributed by atoms with E-state index in [0.29, 0.717) is 18.5 Å². The van der Waals surface area contributed by atoms with E-state index in [9.17, 15) is 4.57 Å². The Balaban J connectivity index is 2.57. The SMILES string of the molecule is CCOP(=O)(OCC)[C@H]1SC[C@H](CO[Si](C)(C)C(C)(C)C)S1. The highest BCUT2D eigenvalue weighted by atomic mass is 32.2. The Hall–Kier alpha value is 1.03. The van der Waals surface area contributed by atoms with Crippen LogP contribution in [0.5, 0.6) is 0 Å². The van der Waals surface area contributed by atoms with E-state index in [1.54, 1.807) is 23.5 Å². The maximum Gasteiger partial charge on any atom is 0.353 e. The van der Waals surface area contributed by atoms with Gasteiger partial charge in [0.05, 0.1) is 13.2 Å². The van der Waals surface area contributed by atoms with Crippen LogP contribution < -0.4 is 0 Å². The average molecular weight is 387 g/mol. The lowest BCUT2D eigenvalue weighted by Gasteiger charge is -2.36. The molecule has 2 atom stereocenters. The second-order valence-electron chi connectivity index (χ2n) is 6.85. The van der Waals surface area contributed by atoms with Crippen LogP contribution in [0.15, 0.2) is 0 Å². The van der Waals surface area contributed by atoms with E-state index in [2.05, 4.69) is 33.9 Å². The molecule has 0 aromatic carbocycles.